The lowest BCUT2D eigenvalue weighted by Crippen LogP contribution is -2.53. The molecule has 0 bridgehead atoms. The summed E-state index contributed by atoms with van der Waals surface area (Å²) >= 11 is 0. The maximum atomic E-state index is 14.1. The van der Waals surface area contributed by atoms with Crippen molar-refractivity contribution in [1.82, 2.24) is 9.80 Å². The normalized spacial score (nSPS) is 22.8. The predicted molar refractivity (Wildman–Crippen MR) is 93.2 cm³/mol. The maximum Gasteiger partial charge on any atom is 0.255 e. The molecule has 0 aromatic carbocycles. The Bertz CT molecular complexity index is 651. The lowest BCUT2D eigenvalue weighted by molar-refractivity contribution is -0.146. The summed E-state index contributed by atoms with van der Waals surface area (Å²) < 4.78 is 14.1. The standard InChI is InChI=1S/C19H25FN2O3/c1-5-14-15(16(20)6-2)10-22(18(14)24)17(12(3)4)19(25)21-9-7-8-13(21)11-23/h5-6,11-13,17H,1,7-10H2,2-4H3/b16-6+. The highest BCUT2D eigenvalue weighted by molar-refractivity contribution is 6.03. The minimum Gasteiger partial charge on any atom is -0.331 e. The van der Waals surface area contributed by atoms with E-state index in [0.717, 1.165) is 12.7 Å². The van der Waals surface area contributed by atoms with Gasteiger partial charge >= 0.3 is 0 Å². The van der Waals surface area contributed by atoms with Crippen LogP contribution in [0.4, 0.5) is 4.39 Å². The van der Waals surface area contributed by atoms with E-state index in [1.807, 2.05) is 13.8 Å². The molecule has 0 aromatic rings. The van der Waals surface area contributed by atoms with E-state index in [1.54, 1.807) is 11.8 Å². The summed E-state index contributed by atoms with van der Waals surface area (Å²) in [4.78, 5) is 40.0. The zero-order chi connectivity index (χ0) is 18.7. The van der Waals surface area contributed by atoms with E-state index in [-0.39, 0.29) is 29.5 Å². The Balaban J connectivity index is 2.33. The number of allylic oxidation sites excluding steroid dienone is 1. The van der Waals surface area contributed by atoms with Crippen molar-refractivity contribution in [2.75, 3.05) is 13.1 Å². The van der Waals surface area contributed by atoms with E-state index >= 15 is 0 Å². The number of hydrogen-bond donors (Lipinski definition) is 0. The number of nitrogens with zero attached hydrogens (tertiary/aromatic N) is 2. The monoisotopic (exact) mass is 348 g/mol. The van der Waals surface area contributed by atoms with Crippen LogP contribution in [-0.2, 0) is 14.4 Å². The second-order valence-electron chi connectivity index (χ2n) is 6.73. The molecule has 2 atom stereocenters. The molecule has 6 heteroatoms. The Labute approximate surface area is 147 Å². The van der Waals surface area contributed by atoms with E-state index in [2.05, 4.69) is 6.58 Å². The van der Waals surface area contributed by atoms with E-state index < -0.39 is 23.8 Å². The zero-order valence-corrected chi connectivity index (χ0v) is 15.0. The average molecular weight is 348 g/mol. The van der Waals surface area contributed by atoms with Crippen molar-refractivity contribution in [3.05, 3.63) is 35.7 Å². The highest BCUT2D eigenvalue weighted by Crippen LogP contribution is 2.31. The summed E-state index contributed by atoms with van der Waals surface area (Å²) in [7, 11) is 0. The third-order valence-electron chi connectivity index (χ3n) is 4.85. The second kappa shape index (κ2) is 7.76. The van der Waals surface area contributed by atoms with Crippen molar-refractivity contribution < 1.29 is 18.8 Å². The van der Waals surface area contributed by atoms with Crippen LogP contribution in [0.2, 0.25) is 0 Å². The van der Waals surface area contributed by atoms with Gasteiger partial charge in [-0.1, -0.05) is 32.6 Å². The molecule has 1 fully saturated rings. The van der Waals surface area contributed by atoms with Crippen LogP contribution in [0.5, 0.6) is 0 Å². The summed E-state index contributed by atoms with van der Waals surface area (Å²) in [5, 5.41) is 0. The minimum atomic E-state index is -0.731. The van der Waals surface area contributed by atoms with Crippen LogP contribution < -0.4 is 0 Å². The first-order valence-electron chi connectivity index (χ1n) is 8.61. The van der Waals surface area contributed by atoms with Crippen LogP contribution in [-0.4, -0.2) is 53.1 Å². The van der Waals surface area contributed by atoms with Gasteiger partial charge < -0.3 is 14.6 Å². The van der Waals surface area contributed by atoms with Crippen molar-refractivity contribution in [2.24, 2.45) is 5.92 Å². The quantitative estimate of drug-likeness (QED) is 0.693. The van der Waals surface area contributed by atoms with E-state index in [4.69, 9.17) is 0 Å². The SMILES string of the molecule is C=CC1=C(/C(F)=C\C)CN(C(C(=O)N2CCCC2C=O)C(C)C)C1=O. The molecule has 1 saturated heterocycles. The van der Waals surface area contributed by atoms with Gasteiger partial charge in [0.15, 0.2) is 0 Å². The summed E-state index contributed by atoms with van der Waals surface area (Å²) in [6, 6.07) is -1.17. The molecule has 0 saturated carbocycles. The maximum absolute atomic E-state index is 14.1. The summed E-state index contributed by atoms with van der Waals surface area (Å²) in [6.07, 6.45) is 4.83. The van der Waals surface area contributed by atoms with Crippen LogP contribution in [0.15, 0.2) is 35.7 Å². The first kappa shape index (κ1) is 19.1. The molecule has 25 heavy (non-hydrogen) atoms. The van der Waals surface area contributed by atoms with Gasteiger partial charge in [-0.25, -0.2) is 4.39 Å². The first-order valence-corrected chi connectivity index (χ1v) is 8.61. The molecule has 2 rings (SSSR count). The summed E-state index contributed by atoms with van der Waals surface area (Å²) in [5.41, 5.74) is 0.455. The fraction of sp³-hybridized carbons (Fsp3) is 0.526. The molecule has 2 aliphatic heterocycles. The number of carbonyl (C=O) groups is 3. The van der Waals surface area contributed by atoms with Crippen LogP contribution in [0.1, 0.15) is 33.6 Å². The van der Waals surface area contributed by atoms with Crippen LogP contribution in [0.25, 0.3) is 0 Å². The number of amides is 2. The lowest BCUT2D eigenvalue weighted by atomic mass is 10.0. The molecule has 2 heterocycles. The molecule has 2 aliphatic rings. The lowest BCUT2D eigenvalue weighted by Gasteiger charge is -2.34. The summed E-state index contributed by atoms with van der Waals surface area (Å²) in [6.45, 7) is 9.39. The largest absolute Gasteiger partial charge is 0.331 e. The third-order valence-corrected chi connectivity index (χ3v) is 4.85. The highest BCUT2D eigenvalue weighted by atomic mass is 19.1. The molecule has 0 aromatic heterocycles. The molecule has 5 nitrogen and oxygen atoms in total. The van der Waals surface area contributed by atoms with Crippen molar-refractivity contribution in [3.63, 3.8) is 0 Å². The fourth-order valence-electron chi connectivity index (χ4n) is 3.58. The molecule has 0 aliphatic carbocycles. The second-order valence-corrected chi connectivity index (χ2v) is 6.73. The number of likely N-dealkylation sites (tertiary alicyclic amines) is 1. The van der Waals surface area contributed by atoms with Gasteiger partial charge in [-0.15, -0.1) is 0 Å². The van der Waals surface area contributed by atoms with Gasteiger partial charge in [-0.05, 0) is 25.7 Å². The van der Waals surface area contributed by atoms with Gasteiger partial charge in [0.25, 0.3) is 5.91 Å². The average Bonchev–Trinajstić information content (AvgIpc) is 3.18. The van der Waals surface area contributed by atoms with Gasteiger partial charge in [0.1, 0.15) is 18.2 Å². The Kier molecular flexibility index (Phi) is 5.93. The number of halogens is 1. The van der Waals surface area contributed by atoms with Gasteiger partial charge in [0, 0.05) is 17.7 Å². The number of hydrogen-bond acceptors (Lipinski definition) is 3. The number of carbonyl (C=O) groups excluding carboxylic acids is 3. The van der Waals surface area contributed by atoms with Crippen LogP contribution in [0, 0.1) is 5.92 Å². The topological polar surface area (TPSA) is 57.7 Å². The Morgan fingerprint density at radius 2 is 2.08 bits per heavy atom. The molecule has 0 N–H and O–H groups in total. The smallest absolute Gasteiger partial charge is 0.255 e. The van der Waals surface area contributed by atoms with E-state index in [0.29, 0.717) is 13.0 Å². The Hall–Kier alpha value is -2.24. The Morgan fingerprint density at radius 3 is 2.60 bits per heavy atom. The number of aldehydes is 1. The highest BCUT2D eigenvalue weighted by Gasteiger charge is 2.43. The molecular formula is C19H25FN2O3. The predicted octanol–water partition coefficient (Wildman–Crippen LogP) is 2.40. The molecule has 0 radical (unpaired) electrons. The first-order chi connectivity index (χ1) is 11.9. The number of rotatable bonds is 6. The van der Waals surface area contributed by atoms with Gasteiger partial charge in [0.05, 0.1) is 12.6 Å². The molecule has 136 valence electrons. The molecular weight excluding hydrogens is 323 g/mol. The zero-order valence-electron chi connectivity index (χ0n) is 15.0. The summed E-state index contributed by atoms with van der Waals surface area (Å²) in [5.74, 6) is -1.28. The van der Waals surface area contributed by atoms with Crippen molar-refractivity contribution >= 4 is 18.1 Å². The van der Waals surface area contributed by atoms with Gasteiger partial charge in [-0.3, -0.25) is 9.59 Å². The van der Waals surface area contributed by atoms with E-state index in [1.165, 1.54) is 17.1 Å². The fourth-order valence-corrected chi connectivity index (χ4v) is 3.58. The third kappa shape index (κ3) is 3.43. The van der Waals surface area contributed by atoms with Crippen LogP contribution >= 0.6 is 0 Å². The molecule has 2 amide bonds. The van der Waals surface area contributed by atoms with Crippen molar-refractivity contribution in [1.29, 1.82) is 0 Å². The minimum absolute atomic E-state index is 0.0323. The molecule has 2 unspecified atom stereocenters. The van der Waals surface area contributed by atoms with E-state index in [9.17, 15) is 18.8 Å². The van der Waals surface area contributed by atoms with Gasteiger partial charge in [0.2, 0.25) is 5.91 Å². The Morgan fingerprint density at radius 1 is 1.40 bits per heavy atom. The van der Waals surface area contributed by atoms with Crippen molar-refractivity contribution in [3.8, 4) is 0 Å². The van der Waals surface area contributed by atoms with Crippen molar-refractivity contribution in [2.45, 2.75) is 45.7 Å². The van der Waals surface area contributed by atoms with Gasteiger partial charge in [-0.2, -0.15) is 0 Å². The molecule has 0 spiro atoms. The van der Waals surface area contributed by atoms with Crippen LogP contribution in [0.3, 0.4) is 0 Å².